The molecule has 1 aromatic carbocycles. The van der Waals surface area contributed by atoms with Gasteiger partial charge in [-0.15, -0.1) is 0 Å². The third kappa shape index (κ3) is 4.71. The first-order chi connectivity index (χ1) is 9.20. The predicted molar refractivity (Wildman–Crippen MR) is 68.9 cm³/mol. The second-order valence-electron chi connectivity index (χ2n) is 4.12. The van der Waals surface area contributed by atoms with Gasteiger partial charge >= 0.3 is 11.9 Å². The van der Waals surface area contributed by atoms with Crippen LogP contribution in [-0.2, 0) is 9.62 Å². The third-order valence-electron chi connectivity index (χ3n) is 2.68. The van der Waals surface area contributed by atoms with Crippen LogP contribution in [0, 0.1) is 0 Å². The second-order valence-corrected chi connectivity index (χ2v) is 4.12. The average Bonchev–Trinajstić information content (AvgIpc) is 2.46. The van der Waals surface area contributed by atoms with Crippen molar-refractivity contribution in [3.63, 3.8) is 0 Å². The minimum absolute atomic E-state index is 0.0106. The highest BCUT2D eigenvalue weighted by molar-refractivity contribution is 6.02. The van der Waals surface area contributed by atoms with E-state index in [9.17, 15) is 9.59 Å². The smallest absolute Gasteiger partial charge is 0.373 e. The number of carbonyl (C=O) groups is 2. The maximum atomic E-state index is 11.8. The molecule has 1 rings (SSSR count). The molecule has 0 aliphatic heterocycles. The van der Waals surface area contributed by atoms with Crippen LogP contribution in [0.1, 0.15) is 53.3 Å². The molecule has 0 heterocycles. The molecule has 1 aromatic rings. The number of hydrogen-bond acceptors (Lipinski definition) is 5. The van der Waals surface area contributed by atoms with Crippen molar-refractivity contribution in [2.24, 2.45) is 0 Å². The van der Waals surface area contributed by atoms with Crippen molar-refractivity contribution in [2.45, 2.75) is 32.6 Å². The molecular weight excluding hydrogens is 248 g/mol. The standard InChI is InChI=1S/C14H18O5/c1-2-3-4-7-10-18-13(15)11-8-5-6-9-12(11)14(16)19-17/h5-6,8-9,17H,2-4,7,10H2,1H3. The molecule has 0 bridgehead atoms. The van der Waals surface area contributed by atoms with E-state index in [4.69, 9.17) is 9.99 Å². The number of hydrogen-bond donors (Lipinski definition) is 1. The summed E-state index contributed by atoms with van der Waals surface area (Å²) in [6.07, 6.45) is 4.01. The molecule has 0 saturated heterocycles. The first-order valence-electron chi connectivity index (χ1n) is 6.32. The molecule has 0 radical (unpaired) electrons. The molecule has 1 N–H and O–H groups in total. The Hall–Kier alpha value is -1.88. The highest BCUT2D eigenvalue weighted by atomic mass is 17.1. The summed E-state index contributed by atoms with van der Waals surface area (Å²) < 4.78 is 5.08. The molecule has 0 fully saturated rings. The van der Waals surface area contributed by atoms with Crippen molar-refractivity contribution >= 4 is 11.9 Å². The predicted octanol–water partition coefficient (Wildman–Crippen LogP) is 3.05. The summed E-state index contributed by atoms with van der Waals surface area (Å²) in [4.78, 5) is 26.7. The summed E-state index contributed by atoms with van der Waals surface area (Å²) in [5.41, 5.74) is 0.0839. The largest absolute Gasteiger partial charge is 0.462 e. The van der Waals surface area contributed by atoms with E-state index in [1.165, 1.54) is 12.1 Å². The van der Waals surface area contributed by atoms with Crippen LogP contribution in [0.4, 0.5) is 0 Å². The summed E-state index contributed by atoms with van der Waals surface area (Å²) in [5.74, 6) is -1.56. The fourth-order valence-electron chi connectivity index (χ4n) is 1.66. The lowest BCUT2D eigenvalue weighted by Gasteiger charge is -2.07. The van der Waals surface area contributed by atoms with E-state index in [2.05, 4.69) is 11.8 Å². The normalized spacial score (nSPS) is 10.0. The van der Waals surface area contributed by atoms with Gasteiger partial charge in [0.15, 0.2) is 0 Å². The van der Waals surface area contributed by atoms with Gasteiger partial charge in [-0.2, -0.15) is 5.26 Å². The lowest BCUT2D eigenvalue weighted by Crippen LogP contribution is -2.13. The van der Waals surface area contributed by atoms with Crippen molar-refractivity contribution < 1.29 is 24.5 Å². The summed E-state index contributed by atoms with van der Waals surface area (Å²) >= 11 is 0. The molecular formula is C14H18O5. The van der Waals surface area contributed by atoms with E-state index in [1.807, 2.05) is 0 Å². The van der Waals surface area contributed by atoms with Crippen molar-refractivity contribution in [2.75, 3.05) is 6.61 Å². The molecule has 19 heavy (non-hydrogen) atoms. The van der Waals surface area contributed by atoms with E-state index >= 15 is 0 Å². The molecule has 0 saturated carbocycles. The van der Waals surface area contributed by atoms with Crippen LogP contribution in [-0.4, -0.2) is 23.8 Å². The Balaban J connectivity index is 2.59. The van der Waals surface area contributed by atoms with Crippen LogP contribution in [0.25, 0.3) is 0 Å². The van der Waals surface area contributed by atoms with Gasteiger partial charge in [0.2, 0.25) is 0 Å². The summed E-state index contributed by atoms with van der Waals surface area (Å²) in [7, 11) is 0. The topological polar surface area (TPSA) is 72.8 Å². The van der Waals surface area contributed by atoms with Crippen LogP contribution < -0.4 is 0 Å². The minimum atomic E-state index is -0.974. The highest BCUT2D eigenvalue weighted by Crippen LogP contribution is 2.12. The number of esters is 1. The fraction of sp³-hybridized carbons (Fsp3) is 0.429. The summed E-state index contributed by atoms with van der Waals surface area (Å²) in [5, 5.41) is 8.37. The van der Waals surface area contributed by atoms with Crippen LogP contribution in [0.3, 0.4) is 0 Å². The van der Waals surface area contributed by atoms with Gasteiger partial charge in [0.25, 0.3) is 0 Å². The van der Waals surface area contributed by atoms with Crippen LogP contribution in [0.5, 0.6) is 0 Å². The van der Waals surface area contributed by atoms with E-state index in [-0.39, 0.29) is 11.1 Å². The SMILES string of the molecule is CCCCCCOC(=O)c1ccccc1C(=O)OO. The zero-order chi connectivity index (χ0) is 14.1. The first-order valence-corrected chi connectivity index (χ1v) is 6.32. The molecule has 0 aromatic heterocycles. The second kappa shape index (κ2) is 8.26. The molecule has 0 unspecified atom stereocenters. The average molecular weight is 266 g/mol. The van der Waals surface area contributed by atoms with Gasteiger partial charge in [0.1, 0.15) is 0 Å². The first kappa shape index (κ1) is 15.2. The maximum absolute atomic E-state index is 11.8. The Morgan fingerprint density at radius 2 is 1.68 bits per heavy atom. The van der Waals surface area contributed by atoms with Gasteiger partial charge in [0, 0.05) is 0 Å². The van der Waals surface area contributed by atoms with Crippen LogP contribution in [0.15, 0.2) is 24.3 Å². The Morgan fingerprint density at radius 3 is 2.26 bits per heavy atom. The van der Waals surface area contributed by atoms with Gasteiger partial charge in [-0.3, -0.25) is 4.89 Å². The van der Waals surface area contributed by atoms with Gasteiger partial charge in [-0.1, -0.05) is 38.3 Å². The zero-order valence-corrected chi connectivity index (χ0v) is 10.9. The highest BCUT2D eigenvalue weighted by Gasteiger charge is 2.18. The van der Waals surface area contributed by atoms with Gasteiger partial charge in [-0.25, -0.2) is 9.59 Å². The number of unbranched alkanes of at least 4 members (excludes halogenated alkanes) is 3. The lowest BCUT2D eigenvalue weighted by molar-refractivity contribution is -0.182. The van der Waals surface area contributed by atoms with Crippen LogP contribution >= 0.6 is 0 Å². The monoisotopic (exact) mass is 266 g/mol. The Labute approximate surface area is 112 Å². The van der Waals surface area contributed by atoms with Gasteiger partial charge < -0.3 is 4.74 Å². The van der Waals surface area contributed by atoms with Gasteiger partial charge in [0.05, 0.1) is 17.7 Å². The number of rotatable bonds is 7. The Morgan fingerprint density at radius 1 is 1.05 bits per heavy atom. The number of benzene rings is 1. The molecule has 0 atom stereocenters. The maximum Gasteiger partial charge on any atom is 0.373 e. The minimum Gasteiger partial charge on any atom is -0.462 e. The molecule has 5 nitrogen and oxygen atoms in total. The zero-order valence-electron chi connectivity index (χ0n) is 10.9. The molecule has 5 heteroatoms. The summed E-state index contributed by atoms with van der Waals surface area (Å²) in [6.45, 7) is 2.42. The Kier molecular flexibility index (Phi) is 6.60. The quantitative estimate of drug-likeness (QED) is 0.355. The van der Waals surface area contributed by atoms with Crippen molar-refractivity contribution in [3.05, 3.63) is 35.4 Å². The number of carbonyl (C=O) groups excluding carboxylic acids is 2. The van der Waals surface area contributed by atoms with E-state index < -0.39 is 11.9 Å². The van der Waals surface area contributed by atoms with Crippen molar-refractivity contribution in [1.82, 2.24) is 0 Å². The van der Waals surface area contributed by atoms with E-state index in [1.54, 1.807) is 12.1 Å². The van der Waals surface area contributed by atoms with Gasteiger partial charge in [-0.05, 0) is 18.6 Å². The molecule has 0 amide bonds. The fourth-order valence-corrected chi connectivity index (χ4v) is 1.66. The molecule has 104 valence electrons. The Bertz CT molecular complexity index is 428. The van der Waals surface area contributed by atoms with Crippen LogP contribution in [0.2, 0.25) is 0 Å². The summed E-state index contributed by atoms with van der Waals surface area (Å²) in [6, 6.07) is 6.04. The lowest BCUT2D eigenvalue weighted by atomic mass is 10.1. The van der Waals surface area contributed by atoms with Crippen molar-refractivity contribution in [1.29, 1.82) is 0 Å². The van der Waals surface area contributed by atoms with E-state index in [0.717, 1.165) is 25.7 Å². The van der Waals surface area contributed by atoms with E-state index in [0.29, 0.717) is 6.61 Å². The number of ether oxygens (including phenoxy) is 1. The van der Waals surface area contributed by atoms with Crippen molar-refractivity contribution in [3.8, 4) is 0 Å². The third-order valence-corrected chi connectivity index (χ3v) is 2.68. The molecule has 0 aliphatic rings. The molecule has 0 spiro atoms. The molecule has 0 aliphatic carbocycles.